The first kappa shape index (κ1) is 13.3. The van der Waals surface area contributed by atoms with Gasteiger partial charge >= 0.3 is 0 Å². The summed E-state index contributed by atoms with van der Waals surface area (Å²) in [7, 11) is 0. The summed E-state index contributed by atoms with van der Waals surface area (Å²) >= 11 is 6.00. The van der Waals surface area contributed by atoms with Crippen LogP contribution in [-0.4, -0.2) is 11.7 Å². The zero-order valence-electron chi connectivity index (χ0n) is 9.96. The van der Waals surface area contributed by atoms with Crippen molar-refractivity contribution in [2.75, 3.05) is 6.54 Å². The summed E-state index contributed by atoms with van der Waals surface area (Å²) in [6.45, 7) is 4.93. The normalized spacial score (nSPS) is 11.1. The van der Waals surface area contributed by atoms with Crippen molar-refractivity contribution in [3.63, 3.8) is 0 Å². The molecule has 3 heteroatoms. The molecule has 0 fully saturated rings. The number of nitrogens with two attached hydrogens (primary N) is 1. The fourth-order valence-electron chi connectivity index (χ4n) is 1.66. The summed E-state index contributed by atoms with van der Waals surface area (Å²) in [5.41, 5.74) is 7.56. The third-order valence-corrected chi connectivity index (χ3v) is 3.02. The van der Waals surface area contributed by atoms with Crippen molar-refractivity contribution < 1.29 is 5.11 Å². The summed E-state index contributed by atoms with van der Waals surface area (Å²) < 4.78 is 0. The highest BCUT2D eigenvalue weighted by molar-refractivity contribution is 6.32. The molecule has 0 bridgehead atoms. The van der Waals surface area contributed by atoms with Gasteiger partial charge in [0.15, 0.2) is 0 Å². The van der Waals surface area contributed by atoms with E-state index in [1.807, 2.05) is 12.1 Å². The van der Waals surface area contributed by atoms with Gasteiger partial charge in [-0.05, 0) is 48.9 Å². The minimum atomic E-state index is 0.225. The first-order valence-electron chi connectivity index (χ1n) is 5.77. The highest BCUT2D eigenvalue weighted by Crippen LogP contribution is 2.32. The van der Waals surface area contributed by atoms with Crippen molar-refractivity contribution >= 4 is 11.6 Å². The molecule has 0 aromatic heterocycles. The maximum atomic E-state index is 9.84. The molecule has 90 valence electrons. The SMILES string of the molecule is CC(C)c1cc(Cl)c(O)c(CCCCN)c1. The molecule has 0 saturated heterocycles. The molecular formula is C13H20ClNO. The molecule has 2 nitrogen and oxygen atoms in total. The summed E-state index contributed by atoms with van der Waals surface area (Å²) in [6.07, 6.45) is 2.80. The van der Waals surface area contributed by atoms with Gasteiger partial charge in [-0.1, -0.05) is 31.5 Å². The lowest BCUT2D eigenvalue weighted by Crippen LogP contribution is -2.00. The first-order valence-corrected chi connectivity index (χ1v) is 6.15. The van der Waals surface area contributed by atoms with Gasteiger partial charge in [0.2, 0.25) is 0 Å². The number of phenols is 1. The quantitative estimate of drug-likeness (QED) is 0.776. The molecule has 0 unspecified atom stereocenters. The van der Waals surface area contributed by atoms with E-state index in [0.29, 0.717) is 17.5 Å². The Bertz CT molecular complexity index is 350. The average Bonchev–Trinajstić information content (AvgIpc) is 2.24. The fourth-order valence-corrected chi connectivity index (χ4v) is 1.91. The molecule has 1 rings (SSSR count). The lowest BCUT2D eigenvalue weighted by atomic mass is 9.98. The second-order valence-electron chi connectivity index (χ2n) is 4.41. The molecule has 0 saturated carbocycles. The molecule has 1 aromatic rings. The Kier molecular flexibility index (Phi) is 5.10. The molecule has 0 heterocycles. The standard InChI is InChI=1S/C13H20ClNO/c1-9(2)11-7-10(5-3-4-6-15)13(16)12(14)8-11/h7-9,16H,3-6,15H2,1-2H3. The highest BCUT2D eigenvalue weighted by atomic mass is 35.5. The van der Waals surface area contributed by atoms with Crippen LogP contribution in [0.1, 0.15) is 43.7 Å². The minimum Gasteiger partial charge on any atom is -0.506 e. The maximum Gasteiger partial charge on any atom is 0.137 e. The number of benzene rings is 1. The lowest BCUT2D eigenvalue weighted by molar-refractivity contribution is 0.466. The van der Waals surface area contributed by atoms with Gasteiger partial charge in [0.25, 0.3) is 0 Å². The molecule has 0 atom stereocenters. The van der Waals surface area contributed by atoms with Crippen molar-refractivity contribution in [3.8, 4) is 5.75 Å². The van der Waals surface area contributed by atoms with E-state index < -0.39 is 0 Å². The first-order chi connectivity index (χ1) is 7.56. The van der Waals surface area contributed by atoms with Crippen LogP contribution in [0.25, 0.3) is 0 Å². The second-order valence-corrected chi connectivity index (χ2v) is 4.82. The van der Waals surface area contributed by atoms with E-state index in [0.717, 1.165) is 24.8 Å². The number of aryl methyl sites for hydroxylation is 1. The predicted molar refractivity (Wildman–Crippen MR) is 69.2 cm³/mol. The maximum absolute atomic E-state index is 9.84. The van der Waals surface area contributed by atoms with Gasteiger partial charge in [-0.2, -0.15) is 0 Å². The van der Waals surface area contributed by atoms with Gasteiger partial charge in [0.05, 0.1) is 5.02 Å². The van der Waals surface area contributed by atoms with E-state index >= 15 is 0 Å². The molecule has 16 heavy (non-hydrogen) atoms. The van der Waals surface area contributed by atoms with Crippen molar-refractivity contribution in [1.29, 1.82) is 0 Å². The number of phenolic OH excluding ortho intramolecular Hbond substituents is 1. The van der Waals surface area contributed by atoms with Gasteiger partial charge in [0, 0.05) is 0 Å². The summed E-state index contributed by atoms with van der Waals surface area (Å²) in [5.74, 6) is 0.648. The second kappa shape index (κ2) is 6.12. The molecule has 0 amide bonds. The molecule has 0 radical (unpaired) electrons. The highest BCUT2D eigenvalue weighted by Gasteiger charge is 2.10. The number of halogens is 1. The Labute approximate surface area is 102 Å². The van der Waals surface area contributed by atoms with Crippen LogP contribution in [0.5, 0.6) is 5.75 Å². The smallest absolute Gasteiger partial charge is 0.137 e. The molecule has 0 aliphatic rings. The third kappa shape index (κ3) is 3.39. The molecule has 3 N–H and O–H groups in total. The third-order valence-electron chi connectivity index (χ3n) is 2.73. The van der Waals surface area contributed by atoms with E-state index in [-0.39, 0.29) is 5.75 Å². The van der Waals surface area contributed by atoms with Gasteiger partial charge in [-0.3, -0.25) is 0 Å². The number of rotatable bonds is 5. The molecule has 0 spiro atoms. The van der Waals surface area contributed by atoms with E-state index in [1.165, 1.54) is 5.56 Å². The Morgan fingerprint density at radius 1 is 1.31 bits per heavy atom. The van der Waals surface area contributed by atoms with Crippen LogP contribution in [0, 0.1) is 0 Å². The minimum absolute atomic E-state index is 0.225. The molecular weight excluding hydrogens is 222 g/mol. The zero-order valence-corrected chi connectivity index (χ0v) is 10.7. The van der Waals surface area contributed by atoms with E-state index in [4.69, 9.17) is 17.3 Å². The summed E-state index contributed by atoms with van der Waals surface area (Å²) in [6, 6.07) is 3.89. The average molecular weight is 242 g/mol. The largest absolute Gasteiger partial charge is 0.506 e. The van der Waals surface area contributed by atoms with Crippen LogP contribution in [0.15, 0.2) is 12.1 Å². The Morgan fingerprint density at radius 2 is 2.00 bits per heavy atom. The van der Waals surface area contributed by atoms with Crippen LogP contribution in [0.2, 0.25) is 5.02 Å². The van der Waals surface area contributed by atoms with Crippen LogP contribution < -0.4 is 5.73 Å². The summed E-state index contributed by atoms with van der Waals surface area (Å²) in [5, 5.41) is 10.3. The van der Waals surface area contributed by atoms with E-state index in [2.05, 4.69) is 13.8 Å². The van der Waals surface area contributed by atoms with Crippen LogP contribution in [0.3, 0.4) is 0 Å². The van der Waals surface area contributed by atoms with Gasteiger partial charge in [-0.25, -0.2) is 0 Å². The Morgan fingerprint density at radius 3 is 2.56 bits per heavy atom. The fraction of sp³-hybridized carbons (Fsp3) is 0.538. The van der Waals surface area contributed by atoms with Crippen LogP contribution in [0.4, 0.5) is 0 Å². The number of unbranched alkanes of at least 4 members (excludes halogenated alkanes) is 1. The van der Waals surface area contributed by atoms with Crippen LogP contribution >= 0.6 is 11.6 Å². The molecule has 1 aromatic carbocycles. The van der Waals surface area contributed by atoms with Gasteiger partial charge < -0.3 is 10.8 Å². The number of hydrogen-bond acceptors (Lipinski definition) is 2. The van der Waals surface area contributed by atoms with Crippen molar-refractivity contribution in [2.24, 2.45) is 5.73 Å². The Balaban J connectivity index is 2.88. The number of aromatic hydroxyl groups is 1. The lowest BCUT2D eigenvalue weighted by Gasteiger charge is -2.12. The van der Waals surface area contributed by atoms with Crippen molar-refractivity contribution in [1.82, 2.24) is 0 Å². The Hall–Kier alpha value is -0.730. The van der Waals surface area contributed by atoms with Gasteiger partial charge in [0.1, 0.15) is 5.75 Å². The predicted octanol–water partition coefficient (Wildman–Crippen LogP) is 3.45. The van der Waals surface area contributed by atoms with Gasteiger partial charge in [-0.15, -0.1) is 0 Å². The zero-order chi connectivity index (χ0) is 12.1. The van der Waals surface area contributed by atoms with Crippen molar-refractivity contribution in [2.45, 2.75) is 39.0 Å². The topological polar surface area (TPSA) is 46.2 Å². The van der Waals surface area contributed by atoms with Crippen molar-refractivity contribution in [3.05, 3.63) is 28.3 Å². The van der Waals surface area contributed by atoms with E-state index in [9.17, 15) is 5.11 Å². The molecule has 0 aliphatic carbocycles. The van der Waals surface area contributed by atoms with E-state index in [1.54, 1.807) is 0 Å². The summed E-state index contributed by atoms with van der Waals surface area (Å²) in [4.78, 5) is 0. The molecule has 0 aliphatic heterocycles. The monoisotopic (exact) mass is 241 g/mol. The number of hydrogen-bond donors (Lipinski definition) is 2. The van der Waals surface area contributed by atoms with Crippen LogP contribution in [-0.2, 0) is 6.42 Å².